The summed E-state index contributed by atoms with van der Waals surface area (Å²) in [6.07, 6.45) is -1.18. The smallest absolute Gasteiger partial charge is 0.355 e. The number of ether oxygens (including phenoxy) is 1. The molecule has 0 bridgehead atoms. The Kier molecular flexibility index (Phi) is 6.12. The van der Waals surface area contributed by atoms with Gasteiger partial charge in [-0.05, 0) is 54.0 Å². The number of urea groups is 1. The number of carbonyl (C=O) groups is 4. The van der Waals surface area contributed by atoms with E-state index in [0.29, 0.717) is 16.8 Å². The highest BCUT2D eigenvalue weighted by Gasteiger charge is 2.26. The summed E-state index contributed by atoms with van der Waals surface area (Å²) >= 11 is 0. The Hall–Kier alpha value is -2.64. The number of amides is 3. The molecule has 1 heterocycles. The number of aromatic amines is 1. The van der Waals surface area contributed by atoms with Crippen molar-refractivity contribution >= 4 is 23.7 Å². The molecule has 25 heavy (non-hydrogen) atoms. The van der Waals surface area contributed by atoms with E-state index in [-0.39, 0.29) is 11.5 Å². The van der Waals surface area contributed by atoms with Crippen LogP contribution in [0.5, 0.6) is 0 Å². The first-order valence-electron chi connectivity index (χ1n) is 7.87. The van der Waals surface area contributed by atoms with Crippen molar-refractivity contribution in [1.29, 1.82) is 0 Å². The zero-order valence-electron chi connectivity index (χ0n) is 15.6. The molecule has 0 saturated carbocycles. The summed E-state index contributed by atoms with van der Waals surface area (Å²) in [6, 6.07) is -0.675. The van der Waals surface area contributed by atoms with E-state index in [1.165, 1.54) is 13.8 Å². The first-order valence-corrected chi connectivity index (χ1v) is 7.87. The number of H-pyrrole nitrogens is 1. The molecule has 0 aromatic carbocycles. The first kappa shape index (κ1) is 20.4. The standard InChI is InChI=1S/C17H25N3O5/c1-8-12(10(3)21)9(2)18-13(8)15(23)25-11(4)14(22)19-16(24)20-17(5,6)7/h11,18H,1-7H3,(H2,19,20,22,24)/t11-/m1/s1. The number of nitrogens with one attached hydrogen (secondary N) is 3. The Bertz CT molecular complexity index is 713. The van der Waals surface area contributed by atoms with Crippen molar-refractivity contribution in [1.82, 2.24) is 15.6 Å². The topological polar surface area (TPSA) is 117 Å². The number of imide groups is 1. The molecule has 1 atom stereocenters. The Morgan fingerprint density at radius 3 is 2.12 bits per heavy atom. The van der Waals surface area contributed by atoms with Crippen LogP contribution >= 0.6 is 0 Å². The number of rotatable bonds is 4. The largest absolute Gasteiger partial charge is 0.448 e. The third kappa shape index (κ3) is 5.44. The Labute approximate surface area is 146 Å². The molecule has 1 aromatic heterocycles. The molecule has 1 rings (SSSR count). The Balaban J connectivity index is 2.77. The van der Waals surface area contributed by atoms with Gasteiger partial charge < -0.3 is 15.0 Å². The molecule has 8 heteroatoms. The highest BCUT2D eigenvalue weighted by atomic mass is 16.5. The lowest BCUT2D eigenvalue weighted by molar-refractivity contribution is -0.127. The van der Waals surface area contributed by atoms with Gasteiger partial charge in [-0.1, -0.05) is 0 Å². The lowest BCUT2D eigenvalue weighted by Gasteiger charge is -2.21. The lowest BCUT2D eigenvalue weighted by atomic mass is 10.1. The summed E-state index contributed by atoms with van der Waals surface area (Å²) in [7, 11) is 0. The molecule has 1 aromatic rings. The minimum Gasteiger partial charge on any atom is -0.448 e. The molecule has 138 valence electrons. The Morgan fingerprint density at radius 1 is 1.12 bits per heavy atom. The van der Waals surface area contributed by atoms with Crippen LogP contribution in [-0.4, -0.2) is 40.3 Å². The van der Waals surface area contributed by atoms with E-state index in [4.69, 9.17) is 4.74 Å². The van der Waals surface area contributed by atoms with Gasteiger partial charge in [-0.3, -0.25) is 14.9 Å². The molecule has 0 radical (unpaired) electrons. The number of esters is 1. The fraction of sp³-hybridized carbons (Fsp3) is 0.529. The maximum absolute atomic E-state index is 12.2. The third-order valence-electron chi connectivity index (χ3n) is 3.37. The lowest BCUT2D eigenvalue weighted by Crippen LogP contribution is -2.50. The summed E-state index contributed by atoms with van der Waals surface area (Å²) < 4.78 is 5.08. The van der Waals surface area contributed by atoms with Crippen molar-refractivity contribution < 1.29 is 23.9 Å². The van der Waals surface area contributed by atoms with Gasteiger partial charge in [0, 0.05) is 16.8 Å². The van der Waals surface area contributed by atoms with Gasteiger partial charge in [-0.25, -0.2) is 9.59 Å². The van der Waals surface area contributed by atoms with Crippen LogP contribution in [0.4, 0.5) is 4.79 Å². The van der Waals surface area contributed by atoms with Crippen LogP contribution in [0.1, 0.15) is 66.7 Å². The predicted octanol–water partition coefficient (Wildman–Crippen LogP) is 2.00. The van der Waals surface area contributed by atoms with E-state index in [1.54, 1.807) is 34.6 Å². The van der Waals surface area contributed by atoms with Gasteiger partial charge in [-0.15, -0.1) is 0 Å². The average Bonchev–Trinajstić information content (AvgIpc) is 2.71. The molecule has 0 aliphatic heterocycles. The van der Waals surface area contributed by atoms with Crippen molar-refractivity contribution in [3.8, 4) is 0 Å². The van der Waals surface area contributed by atoms with Crippen LogP contribution in [0.2, 0.25) is 0 Å². The molecule has 0 unspecified atom stereocenters. The van der Waals surface area contributed by atoms with E-state index in [1.807, 2.05) is 0 Å². The summed E-state index contributed by atoms with van der Waals surface area (Å²) in [5.74, 6) is -1.69. The van der Waals surface area contributed by atoms with E-state index >= 15 is 0 Å². The second-order valence-corrected chi connectivity index (χ2v) is 6.92. The molecule has 0 saturated heterocycles. The van der Waals surface area contributed by atoms with Gasteiger partial charge in [0.15, 0.2) is 11.9 Å². The average molecular weight is 351 g/mol. The van der Waals surface area contributed by atoms with Crippen LogP contribution in [0.25, 0.3) is 0 Å². The number of hydrogen-bond donors (Lipinski definition) is 3. The number of aromatic nitrogens is 1. The molecule has 3 N–H and O–H groups in total. The first-order chi connectivity index (χ1) is 11.3. The minimum absolute atomic E-state index is 0.112. The second kappa shape index (κ2) is 7.50. The van der Waals surface area contributed by atoms with E-state index in [9.17, 15) is 19.2 Å². The minimum atomic E-state index is -1.18. The number of ketones is 1. The fourth-order valence-electron chi connectivity index (χ4n) is 2.34. The predicted molar refractivity (Wildman–Crippen MR) is 91.6 cm³/mol. The summed E-state index contributed by atoms with van der Waals surface area (Å²) in [5.41, 5.74) is 1.05. The second-order valence-electron chi connectivity index (χ2n) is 6.92. The van der Waals surface area contributed by atoms with Crippen molar-refractivity contribution in [3.63, 3.8) is 0 Å². The zero-order valence-corrected chi connectivity index (χ0v) is 15.6. The molecule has 0 spiro atoms. The Morgan fingerprint density at radius 2 is 1.68 bits per heavy atom. The van der Waals surface area contributed by atoms with Crippen LogP contribution in [0.3, 0.4) is 0 Å². The van der Waals surface area contributed by atoms with Gasteiger partial charge in [0.2, 0.25) is 0 Å². The fourth-order valence-corrected chi connectivity index (χ4v) is 2.34. The third-order valence-corrected chi connectivity index (χ3v) is 3.37. The van der Waals surface area contributed by atoms with E-state index in [0.717, 1.165) is 0 Å². The van der Waals surface area contributed by atoms with Gasteiger partial charge in [-0.2, -0.15) is 0 Å². The molecule has 0 fully saturated rings. The number of carbonyl (C=O) groups excluding carboxylic acids is 4. The normalized spacial score (nSPS) is 12.3. The van der Waals surface area contributed by atoms with E-state index in [2.05, 4.69) is 15.6 Å². The summed E-state index contributed by atoms with van der Waals surface area (Å²) in [5, 5.41) is 4.68. The molecular weight excluding hydrogens is 326 g/mol. The molecular formula is C17H25N3O5. The quantitative estimate of drug-likeness (QED) is 0.566. The van der Waals surface area contributed by atoms with Crippen LogP contribution in [0.15, 0.2) is 0 Å². The van der Waals surface area contributed by atoms with Gasteiger partial charge in [0.05, 0.1) is 0 Å². The van der Waals surface area contributed by atoms with Crippen molar-refractivity contribution in [2.24, 2.45) is 0 Å². The number of Topliss-reactive ketones (excluding diaryl/α,β-unsaturated/α-hetero) is 1. The van der Waals surface area contributed by atoms with Crippen LogP contribution in [0, 0.1) is 13.8 Å². The maximum atomic E-state index is 12.2. The summed E-state index contributed by atoms with van der Waals surface area (Å²) in [4.78, 5) is 50.3. The maximum Gasteiger partial charge on any atom is 0.355 e. The zero-order chi connectivity index (χ0) is 19.5. The highest BCUT2D eigenvalue weighted by molar-refractivity contribution is 6.02. The van der Waals surface area contributed by atoms with Crippen molar-refractivity contribution in [2.75, 3.05) is 0 Å². The van der Waals surface area contributed by atoms with Gasteiger partial charge in [0.25, 0.3) is 5.91 Å². The number of aryl methyl sites for hydroxylation is 1. The monoisotopic (exact) mass is 351 g/mol. The van der Waals surface area contributed by atoms with Gasteiger partial charge in [0.1, 0.15) is 5.69 Å². The van der Waals surface area contributed by atoms with Crippen LogP contribution < -0.4 is 10.6 Å². The van der Waals surface area contributed by atoms with E-state index < -0.39 is 29.6 Å². The molecule has 0 aliphatic rings. The molecule has 8 nitrogen and oxygen atoms in total. The molecule has 3 amide bonds. The van der Waals surface area contributed by atoms with Gasteiger partial charge >= 0.3 is 12.0 Å². The highest BCUT2D eigenvalue weighted by Crippen LogP contribution is 2.19. The van der Waals surface area contributed by atoms with Crippen molar-refractivity contribution in [2.45, 2.75) is 60.1 Å². The van der Waals surface area contributed by atoms with Crippen LogP contribution in [-0.2, 0) is 9.53 Å². The van der Waals surface area contributed by atoms with Crippen molar-refractivity contribution in [3.05, 3.63) is 22.5 Å². The SMILES string of the molecule is CC(=O)c1c(C)[nH]c(C(=O)O[C@H](C)C(=O)NC(=O)NC(C)(C)C)c1C. The molecule has 0 aliphatic carbocycles. The summed E-state index contributed by atoms with van der Waals surface area (Å²) in [6.45, 7) is 11.4. The number of hydrogen-bond acceptors (Lipinski definition) is 5.